The van der Waals surface area contributed by atoms with Crippen LogP contribution in [0.3, 0.4) is 0 Å². The lowest BCUT2D eigenvalue weighted by Gasteiger charge is -2.01. The van der Waals surface area contributed by atoms with Gasteiger partial charge >= 0.3 is 0 Å². The van der Waals surface area contributed by atoms with Crippen LogP contribution in [0.5, 0.6) is 0 Å². The predicted molar refractivity (Wildman–Crippen MR) is 82.3 cm³/mol. The molecule has 1 aromatic carbocycles. The van der Waals surface area contributed by atoms with Crippen LogP contribution in [0.1, 0.15) is 18.4 Å². The van der Waals surface area contributed by atoms with E-state index >= 15 is 0 Å². The highest BCUT2D eigenvalue weighted by molar-refractivity contribution is 9.10. The van der Waals surface area contributed by atoms with Gasteiger partial charge < -0.3 is 5.32 Å². The molecule has 0 radical (unpaired) electrons. The maximum atomic E-state index is 6.22. The van der Waals surface area contributed by atoms with Crippen LogP contribution in [0, 0.1) is 0 Å². The standard InChI is InChI=1S/C13H14BrClN2S/c1-2-5-16-7-13-17-12(8-18-13)10-4-3-9(14)6-11(10)15/h3-4,6,8,16H,2,5,7H2,1H3. The zero-order chi connectivity index (χ0) is 13.0. The van der Waals surface area contributed by atoms with Gasteiger partial charge in [-0.2, -0.15) is 0 Å². The highest BCUT2D eigenvalue weighted by Gasteiger charge is 2.08. The normalized spacial score (nSPS) is 10.8. The van der Waals surface area contributed by atoms with Crippen molar-refractivity contribution < 1.29 is 0 Å². The smallest absolute Gasteiger partial charge is 0.107 e. The fourth-order valence-corrected chi connectivity index (χ4v) is 3.12. The largest absolute Gasteiger partial charge is 0.310 e. The number of benzene rings is 1. The van der Waals surface area contributed by atoms with Gasteiger partial charge in [-0.25, -0.2) is 4.98 Å². The van der Waals surface area contributed by atoms with Gasteiger partial charge in [0.1, 0.15) is 5.01 Å². The van der Waals surface area contributed by atoms with E-state index in [1.807, 2.05) is 18.2 Å². The Kier molecular flexibility index (Phi) is 5.18. The molecule has 0 aliphatic carbocycles. The molecule has 18 heavy (non-hydrogen) atoms. The van der Waals surface area contributed by atoms with E-state index in [1.165, 1.54) is 0 Å². The fraction of sp³-hybridized carbons (Fsp3) is 0.308. The van der Waals surface area contributed by atoms with Gasteiger partial charge in [0.25, 0.3) is 0 Å². The Morgan fingerprint density at radius 3 is 3.00 bits per heavy atom. The monoisotopic (exact) mass is 344 g/mol. The molecule has 5 heteroatoms. The Bertz CT molecular complexity index is 527. The highest BCUT2D eigenvalue weighted by Crippen LogP contribution is 2.31. The van der Waals surface area contributed by atoms with E-state index in [2.05, 4.69) is 38.5 Å². The van der Waals surface area contributed by atoms with Crippen molar-refractivity contribution in [1.29, 1.82) is 0 Å². The van der Waals surface area contributed by atoms with Crippen molar-refractivity contribution >= 4 is 38.9 Å². The second-order valence-electron chi connectivity index (χ2n) is 3.93. The molecular formula is C13H14BrClN2S. The van der Waals surface area contributed by atoms with Crippen LogP contribution in [0.25, 0.3) is 11.3 Å². The van der Waals surface area contributed by atoms with Crippen LogP contribution >= 0.6 is 38.9 Å². The maximum absolute atomic E-state index is 6.22. The minimum Gasteiger partial charge on any atom is -0.310 e. The molecule has 0 bridgehead atoms. The summed E-state index contributed by atoms with van der Waals surface area (Å²) in [5, 5.41) is 7.22. The molecule has 0 saturated carbocycles. The molecule has 96 valence electrons. The zero-order valence-corrected chi connectivity index (χ0v) is 13.2. The summed E-state index contributed by atoms with van der Waals surface area (Å²) >= 11 is 11.3. The van der Waals surface area contributed by atoms with Gasteiger partial charge in [0.2, 0.25) is 0 Å². The number of nitrogens with one attached hydrogen (secondary N) is 1. The van der Waals surface area contributed by atoms with Crippen molar-refractivity contribution in [2.75, 3.05) is 6.54 Å². The number of aromatic nitrogens is 1. The molecule has 0 amide bonds. The summed E-state index contributed by atoms with van der Waals surface area (Å²) in [4.78, 5) is 4.60. The van der Waals surface area contributed by atoms with Crippen LogP contribution in [0.15, 0.2) is 28.1 Å². The first-order valence-electron chi connectivity index (χ1n) is 5.81. The summed E-state index contributed by atoms with van der Waals surface area (Å²) in [6, 6.07) is 5.87. The Labute approximate surface area is 125 Å². The van der Waals surface area contributed by atoms with E-state index in [9.17, 15) is 0 Å². The number of halogens is 2. The maximum Gasteiger partial charge on any atom is 0.107 e. The topological polar surface area (TPSA) is 24.9 Å². The number of nitrogens with zero attached hydrogens (tertiary/aromatic N) is 1. The lowest BCUT2D eigenvalue weighted by molar-refractivity contribution is 0.673. The van der Waals surface area contributed by atoms with Crippen LogP contribution in [-0.2, 0) is 6.54 Å². The predicted octanol–water partition coefficient (Wildman–Crippen LogP) is 4.73. The molecule has 2 nitrogen and oxygen atoms in total. The first-order chi connectivity index (χ1) is 8.70. The van der Waals surface area contributed by atoms with Crippen molar-refractivity contribution in [3.8, 4) is 11.3 Å². The van der Waals surface area contributed by atoms with E-state index in [1.54, 1.807) is 11.3 Å². The SMILES string of the molecule is CCCNCc1nc(-c2ccc(Br)cc2Cl)cs1. The summed E-state index contributed by atoms with van der Waals surface area (Å²) in [5.41, 5.74) is 1.93. The van der Waals surface area contributed by atoms with E-state index in [0.717, 1.165) is 45.3 Å². The number of hydrogen-bond acceptors (Lipinski definition) is 3. The van der Waals surface area contributed by atoms with Crippen LogP contribution in [-0.4, -0.2) is 11.5 Å². The molecule has 1 heterocycles. The molecule has 2 rings (SSSR count). The Hall–Kier alpha value is -0.420. The lowest BCUT2D eigenvalue weighted by Crippen LogP contribution is -2.13. The van der Waals surface area contributed by atoms with E-state index < -0.39 is 0 Å². The second-order valence-corrected chi connectivity index (χ2v) is 6.19. The summed E-state index contributed by atoms with van der Waals surface area (Å²) in [5.74, 6) is 0. The summed E-state index contributed by atoms with van der Waals surface area (Å²) in [7, 11) is 0. The van der Waals surface area contributed by atoms with Crippen molar-refractivity contribution in [3.63, 3.8) is 0 Å². The molecule has 0 fully saturated rings. The number of rotatable bonds is 5. The molecule has 0 spiro atoms. The molecular weight excluding hydrogens is 332 g/mol. The van der Waals surface area contributed by atoms with Crippen molar-refractivity contribution in [2.45, 2.75) is 19.9 Å². The molecule has 2 aromatic rings. The second kappa shape index (κ2) is 6.66. The van der Waals surface area contributed by atoms with Gasteiger partial charge in [0.05, 0.1) is 10.7 Å². The molecule has 0 saturated heterocycles. The first-order valence-corrected chi connectivity index (χ1v) is 7.86. The quantitative estimate of drug-likeness (QED) is 0.793. The first kappa shape index (κ1) is 14.0. The Balaban J connectivity index is 2.13. The van der Waals surface area contributed by atoms with Gasteiger partial charge in [-0.15, -0.1) is 11.3 Å². The average Bonchev–Trinajstić information content (AvgIpc) is 2.78. The van der Waals surface area contributed by atoms with Crippen LogP contribution in [0.4, 0.5) is 0 Å². The Morgan fingerprint density at radius 2 is 2.28 bits per heavy atom. The summed E-state index contributed by atoms with van der Waals surface area (Å²) in [6.45, 7) is 4.00. The molecule has 1 aromatic heterocycles. The summed E-state index contributed by atoms with van der Waals surface area (Å²) in [6.07, 6.45) is 1.14. The third-order valence-corrected chi connectivity index (χ3v) is 4.12. The van der Waals surface area contributed by atoms with Crippen LogP contribution < -0.4 is 5.32 Å². The molecule has 1 N–H and O–H groups in total. The molecule has 0 aliphatic rings. The van der Waals surface area contributed by atoms with E-state index in [0.29, 0.717) is 0 Å². The van der Waals surface area contributed by atoms with Crippen molar-refractivity contribution in [1.82, 2.24) is 10.3 Å². The van der Waals surface area contributed by atoms with Crippen molar-refractivity contribution in [3.05, 3.63) is 38.1 Å². The van der Waals surface area contributed by atoms with Gasteiger partial charge in [-0.3, -0.25) is 0 Å². The van der Waals surface area contributed by atoms with Gasteiger partial charge in [-0.05, 0) is 25.1 Å². The fourth-order valence-electron chi connectivity index (χ4n) is 1.59. The highest BCUT2D eigenvalue weighted by atomic mass is 79.9. The third-order valence-electron chi connectivity index (χ3n) is 2.46. The minimum atomic E-state index is 0.725. The van der Waals surface area contributed by atoms with Gasteiger partial charge in [0.15, 0.2) is 0 Å². The zero-order valence-electron chi connectivity index (χ0n) is 10.0. The van der Waals surface area contributed by atoms with Crippen molar-refractivity contribution in [2.24, 2.45) is 0 Å². The Morgan fingerprint density at radius 1 is 1.44 bits per heavy atom. The minimum absolute atomic E-state index is 0.725. The molecule has 0 atom stereocenters. The van der Waals surface area contributed by atoms with E-state index in [-0.39, 0.29) is 0 Å². The average molecular weight is 346 g/mol. The third kappa shape index (κ3) is 3.54. The van der Waals surface area contributed by atoms with Crippen LogP contribution in [0.2, 0.25) is 5.02 Å². The van der Waals surface area contributed by atoms with E-state index in [4.69, 9.17) is 11.6 Å². The lowest BCUT2D eigenvalue weighted by atomic mass is 10.2. The van der Waals surface area contributed by atoms with Gasteiger partial charge in [-0.1, -0.05) is 40.5 Å². The molecule has 0 unspecified atom stereocenters. The van der Waals surface area contributed by atoms with Gasteiger partial charge in [0, 0.05) is 22.0 Å². The molecule has 0 aliphatic heterocycles. The summed E-state index contributed by atoms with van der Waals surface area (Å²) < 4.78 is 0.983. The number of hydrogen-bond donors (Lipinski definition) is 1. The number of thiazole rings is 1.